The third-order valence-corrected chi connectivity index (χ3v) is 3.55. The molecular formula is C12H13NO6S. The molecule has 1 aromatic carbocycles. The van der Waals surface area contributed by atoms with Gasteiger partial charge in [0.2, 0.25) is 0 Å². The van der Waals surface area contributed by atoms with E-state index in [4.69, 9.17) is 0 Å². The van der Waals surface area contributed by atoms with E-state index in [1.165, 1.54) is 24.3 Å². The normalized spacial score (nSPS) is 11.6. The fourth-order valence-electron chi connectivity index (χ4n) is 1.22. The van der Waals surface area contributed by atoms with E-state index in [1.807, 2.05) is 4.72 Å². The second-order valence-corrected chi connectivity index (χ2v) is 5.17. The Morgan fingerprint density at radius 1 is 1.10 bits per heavy atom. The summed E-state index contributed by atoms with van der Waals surface area (Å²) in [6.45, 7) is 0. The molecule has 0 aliphatic heterocycles. The number of methoxy groups -OCH3 is 2. The molecule has 1 rings (SSSR count). The van der Waals surface area contributed by atoms with Crippen molar-refractivity contribution < 1.29 is 27.5 Å². The highest BCUT2D eigenvalue weighted by Gasteiger charge is 2.21. The molecule has 0 aliphatic carbocycles. The smallest absolute Gasteiger partial charge is 0.355 e. The second-order valence-electron chi connectivity index (χ2n) is 3.49. The van der Waals surface area contributed by atoms with Gasteiger partial charge < -0.3 is 9.47 Å². The molecule has 8 heteroatoms. The maximum Gasteiger partial charge on any atom is 0.355 e. The van der Waals surface area contributed by atoms with Gasteiger partial charge >= 0.3 is 11.9 Å². The maximum absolute atomic E-state index is 12.0. The van der Waals surface area contributed by atoms with Crippen LogP contribution >= 0.6 is 0 Å². The van der Waals surface area contributed by atoms with E-state index in [1.54, 1.807) is 6.07 Å². The lowest BCUT2D eigenvalue weighted by molar-refractivity contribution is -0.138. The first kappa shape index (κ1) is 15.7. The topological polar surface area (TPSA) is 98.8 Å². The van der Waals surface area contributed by atoms with Gasteiger partial charge in [0.15, 0.2) is 0 Å². The van der Waals surface area contributed by atoms with Crippen molar-refractivity contribution in [1.29, 1.82) is 0 Å². The minimum absolute atomic E-state index is 0.0559. The molecule has 0 atom stereocenters. The van der Waals surface area contributed by atoms with Crippen LogP contribution in [0.3, 0.4) is 0 Å². The summed E-state index contributed by atoms with van der Waals surface area (Å²) < 4.78 is 34.8. The van der Waals surface area contributed by atoms with Gasteiger partial charge in [-0.3, -0.25) is 4.72 Å². The first-order valence-electron chi connectivity index (χ1n) is 5.36. The zero-order valence-electron chi connectivity index (χ0n) is 10.8. The molecule has 0 amide bonds. The van der Waals surface area contributed by atoms with Gasteiger partial charge in [-0.15, -0.1) is 0 Å². The van der Waals surface area contributed by atoms with Gasteiger partial charge in [-0.2, -0.15) is 0 Å². The number of hydrogen-bond donors (Lipinski definition) is 1. The molecule has 0 heterocycles. The molecule has 0 saturated carbocycles. The fourth-order valence-corrected chi connectivity index (χ4v) is 2.29. The minimum Gasteiger partial charge on any atom is -0.466 e. The summed E-state index contributed by atoms with van der Waals surface area (Å²) in [5.74, 6) is -1.89. The number of rotatable bonds is 5. The van der Waals surface area contributed by atoms with Crippen LogP contribution in [0.25, 0.3) is 0 Å². The van der Waals surface area contributed by atoms with Crippen LogP contribution in [0.1, 0.15) is 0 Å². The predicted octanol–water partition coefficient (Wildman–Crippen LogP) is 0.195. The number of benzene rings is 1. The van der Waals surface area contributed by atoms with Crippen LogP contribution in [0.4, 0.5) is 0 Å². The fraction of sp³-hybridized carbons (Fsp3) is 0.167. The van der Waals surface area contributed by atoms with Crippen LogP contribution in [-0.2, 0) is 29.1 Å². The lowest BCUT2D eigenvalue weighted by Crippen LogP contribution is -2.29. The average molecular weight is 299 g/mol. The Hall–Kier alpha value is -2.35. The van der Waals surface area contributed by atoms with Crippen LogP contribution in [0.15, 0.2) is 47.0 Å². The van der Waals surface area contributed by atoms with Gasteiger partial charge in [0.1, 0.15) is 5.70 Å². The number of carbonyl (C=O) groups is 2. The largest absolute Gasteiger partial charge is 0.466 e. The summed E-state index contributed by atoms with van der Waals surface area (Å²) in [5, 5.41) is 0. The molecule has 0 aliphatic rings. The number of ether oxygens (including phenoxy) is 2. The molecule has 0 aromatic heterocycles. The molecule has 1 N–H and O–H groups in total. The quantitative estimate of drug-likeness (QED) is 0.616. The molecule has 1 aromatic rings. The van der Waals surface area contributed by atoms with Crippen LogP contribution in [0.5, 0.6) is 0 Å². The van der Waals surface area contributed by atoms with E-state index in [0.717, 1.165) is 14.2 Å². The van der Waals surface area contributed by atoms with Crippen molar-refractivity contribution >= 4 is 22.0 Å². The average Bonchev–Trinajstić information content (AvgIpc) is 2.46. The molecular weight excluding hydrogens is 286 g/mol. The lowest BCUT2D eigenvalue weighted by atomic mass is 10.4. The molecule has 0 radical (unpaired) electrons. The van der Waals surface area contributed by atoms with Crippen LogP contribution < -0.4 is 4.72 Å². The Balaban J connectivity index is 3.10. The van der Waals surface area contributed by atoms with Crippen molar-refractivity contribution in [2.24, 2.45) is 0 Å². The van der Waals surface area contributed by atoms with Crippen LogP contribution in [-0.4, -0.2) is 34.6 Å². The third-order valence-electron chi connectivity index (χ3n) is 2.17. The zero-order valence-corrected chi connectivity index (χ0v) is 11.6. The van der Waals surface area contributed by atoms with Crippen molar-refractivity contribution in [2.45, 2.75) is 4.90 Å². The highest BCUT2D eigenvalue weighted by atomic mass is 32.2. The van der Waals surface area contributed by atoms with E-state index in [9.17, 15) is 18.0 Å². The minimum atomic E-state index is -4.00. The predicted molar refractivity (Wildman–Crippen MR) is 68.9 cm³/mol. The molecule has 20 heavy (non-hydrogen) atoms. The van der Waals surface area contributed by atoms with Crippen molar-refractivity contribution in [3.8, 4) is 0 Å². The number of nitrogens with one attached hydrogen (secondary N) is 1. The second kappa shape index (κ2) is 6.71. The van der Waals surface area contributed by atoms with E-state index in [0.29, 0.717) is 6.08 Å². The molecule has 0 saturated heterocycles. The zero-order chi connectivity index (χ0) is 15.2. The summed E-state index contributed by atoms with van der Waals surface area (Å²) in [7, 11) is -1.84. The number of carbonyl (C=O) groups excluding carboxylic acids is 2. The molecule has 0 unspecified atom stereocenters. The van der Waals surface area contributed by atoms with Gasteiger partial charge in [-0.1, -0.05) is 18.2 Å². The first-order valence-corrected chi connectivity index (χ1v) is 6.85. The van der Waals surface area contributed by atoms with Crippen LogP contribution in [0.2, 0.25) is 0 Å². The highest BCUT2D eigenvalue weighted by Crippen LogP contribution is 2.09. The molecule has 0 bridgehead atoms. The SMILES string of the molecule is COC(=O)/C=C(\NS(=O)(=O)c1ccccc1)C(=O)OC. The first-order chi connectivity index (χ1) is 9.40. The Bertz CT molecular complexity index is 621. The van der Waals surface area contributed by atoms with Gasteiger partial charge in [0.05, 0.1) is 25.2 Å². The Morgan fingerprint density at radius 2 is 1.70 bits per heavy atom. The van der Waals surface area contributed by atoms with Gasteiger partial charge in [0.25, 0.3) is 10.0 Å². The number of sulfonamides is 1. The maximum atomic E-state index is 12.0. The number of hydrogen-bond acceptors (Lipinski definition) is 6. The molecule has 108 valence electrons. The summed E-state index contributed by atoms with van der Waals surface area (Å²) in [6, 6.07) is 7.38. The van der Waals surface area contributed by atoms with E-state index in [-0.39, 0.29) is 4.90 Å². The molecule has 7 nitrogen and oxygen atoms in total. The van der Waals surface area contributed by atoms with E-state index < -0.39 is 27.7 Å². The molecule has 0 fully saturated rings. The van der Waals surface area contributed by atoms with Crippen molar-refractivity contribution in [3.05, 3.63) is 42.1 Å². The van der Waals surface area contributed by atoms with Gasteiger partial charge in [-0.05, 0) is 12.1 Å². The Kier molecular flexibility index (Phi) is 5.27. The van der Waals surface area contributed by atoms with Crippen LogP contribution in [0, 0.1) is 0 Å². The highest BCUT2D eigenvalue weighted by molar-refractivity contribution is 7.89. The summed E-state index contributed by atoms with van der Waals surface area (Å²) in [4.78, 5) is 22.5. The van der Waals surface area contributed by atoms with Crippen molar-refractivity contribution in [2.75, 3.05) is 14.2 Å². The molecule has 0 spiro atoms. The lowest BCUT2D eigenvalue weighted by Gasteiger charge is -2.09. The standard InChI is InChI=1S/C12H13NO6S/c1-18-11(14)8-10(12(15)19-2)13-20(16,17)9-6-4-3-5-7-9/h3-8,13H,1-2H3/b10-8-. The summed E-state index contributed by atoms with van der Waals surface area (Å²) >= 11 is 0. The third kappa shape index (κ3) is 4.09. The number of esters is 2. The van der Waals surface area contributed by atoms with E-state index in [2.05, 4.69) is 9.47 Å². The Morgan fingerprint density at radius 3 is 2.20 bits per heavy atom. The van der Waals surface area contributed by atoms with Gasteiger partial charge in [-0.25, -0.2) is 18.0 Å². The van der Waals surface area contributed by atoms with Gasteiger partial charge in [0, 0.05) is 0 Å². The van der Waals surface area contributed by atoms with Crippen molar-refractivity contribution in [1.82, 2.24) is 4.72 Å². The summed E-state index contributed by atoms with van der Waals surface area (Å²) in [6.07, 6.45) is 0.701. The van der Waals surface area contributed by atoms with Crippen molar-refractivity contribution in [3.63, 3.8) is 0 Å². The Labute approximate surface area is 116 Å². The summed E-state index contributed by atoms with van der Waals surface area (Å²) in [5.41, 5.74) is -0.539. The van der Waals surface area contributed by atoms with E-state index >= 15 is 0 Å². The monoisotopic (exact) mass is 299 g/mol.